The number of benzene rings is 1. The molecule has 6 nitrogen and oxygen atoms in total. The van der Waals surface area contributed by atoms with Gasteiger partial charge in [0.25, 0.3) is 0 Å². The second-order valence-corrected chi connectivity index (χ2v) is 6.33. The van der Waals surface area contributed by atoms with Crippen molar-refractivity contribution in [2.24, 2.45) is 5.73 Å². The number of hydrogen-bond donors (Lipinski definition) is 2. The average Bonchev–Trinajstić information content (AvgIpc) is 2.60. The summed E-state index contributed by atoms with van der Waals surface area (Å²) < 4.78 is 11.2. The lowest BCUT2D eigenvalue weighted by atomic mass is 10.1. The summed E-state index contributed by atoms with van der Waals surface area (Å²) in [6.07, 6.45) is 2.18. The summed E-state index contributed by atoms with van der Waals surface area (Å²) in [5.74, 6) is 0.669. The first kappa shape index (κ1) is 18.7. The van der Waals surface area contributed by atoms with Crippen LogP contribution in [0.1, 0.15) is 25.3 Å². The Labute approximate surface area is 144 Å². The molecule has 1 aliphatic rings. The summed E-state index contributed by atoms with van der Waals surface area (Å²) in [6.45, 7) is 5.36. The van der Waals surface area contributed by atoms with Gasteiger partial charge in [0.2, 0.25) is 5.91 Å². The minimum absolute atomic E-state index is 0.153. The maximum absolute atomic E-state index is 11.5. The van der Waals surface area contributed by atoms with Crippen LogP contribution in [-0.2, 0) is 16.1 Å². The van der Waals surface area contributed by atoms with Crippen molar-refractivity contribution in [1.29, 1.82) is 0 Å². The summed E-state index contributed by atoms with van der Waals surface area (Å²) in [4.78, 5) is 13.9. The van der Waals surface area contributed by atoms with E-state index in [1.165, 1.54) is 0 Å². The fourth-order valence-electron chi connectivity index (χ4n) is 2.71. The van der Waals surface area contributed by atoms with Crippen LogP contribution in [0.2, 0.25) is 0 Å². The molecule has 2 rings (SSSR count). The van der Waals surface area contributed by atoms with Gasteiger partial charge >= 0.3 is 0 Å². The monoisotopic (exact) mass is 335 g/mol. The molecular weight excluding hydrogens is 306 g/mol. The molecule has 0 aromatic heterocycles. The van der Waals surface area contributed by atoms with Crippen LogP contribution in [0.5, 0.6) is 5.75 Å². The molecule has 24 heavy (non-hydrogen) atoms. The van der Waals surface area contributed by atoms with Gasteiger partial charge in [-0.15, -0.1) is 0 Å². The van der Waals surface area contributed by atoms with E-state index in [1.807, 2.05) is 24.3 Å². The minimum Gasteiger partial charge on any atom is -0.492 e. The highest BCUT2D eigenvalue weighted by atomic mass is 16.5. The summed E-state index contributed by atoms with van der Waals surface area (Å²) in [5, 5.41) is 2.80. The van der Waals surface area contributed by atoms with Crippen LogP contribution in [0.15, 0.2) is 24.3 Å². The Balaban J connectivity index is 1.74. The Morgan fingerprint density at radius 3 is 2.92 bits per heavy atom. The molecule has 1 aliphatic heterocycles. The van der Waals surface area contributed by atoms with Crippen molar-refractivity contribution >= 4 is 5.91 Å². The van der Waals surface area contributed by atoms with Crippen LogP contribution < -0.4 is 15.8 Å². The molecular formula is C18H29N3O3. The second-order valence-electron chi connectivity index (χ2n) is 6.33. The van der Waals surface area contributed by atoms with Gasteiger partial charge in [0, 0.05) is 32.3 Å². The SMILES string of the molecule is CC(N)C(=O)NCc1cccc(OCCN(C)C2CCOCC2)c1. The molecule has 1 saturated heterocycles. The summed E-state index contributed by atoms with van der Waals surface area (Å²) in [7, 11) is 2.14. The third kappa shape index (κ3) is 6.11. The average molecular weight is 335 g/mol. The maximum atomic E-state index is 11.5. The number of rotatable bonds is 8. The number of nitrogens with zero attached hydrogens (tertiary/aromatic N) is 1. The Bertz CT molecular complexity index is 516. The van der Waals surface area contributed by atoms with E-state index >= 15 is 0 Å². The predicted molar refractivity (Wildman–Crippen MR) is 93.9 cm³/mol. The van der Waals surface area contributed by atoms with Gasteiger partial charge in [-0.1, -0.05) is 12.1 Å². The van der Waals surface area contributed by atoms with Crippen LogP contribution >= 0.6 is 0 Å². The van der Waals surface area contributed by atoms with Crippen molar-refractivity contribution in [2.45, 2.75) is 38.4 Å². The molecule has 6 heteroatoms. The molecule has 134 valence electrons. The fourth-order valence-corrected chi connectivity index (χ4v) is 2.71. The van der Waals surface area contributed by atoms with Crippen LogP contribution in [0, 0.1) is 0 Å². The van der Waals surface area contributed by atoms with Gasteiger partial charge in [-0.3, -0.25) is 9.69 Å². The van der Waals surface area contributed by atoms with E-state index in [4.69, 9.17) is 15.2 Å². The van der Waals surface area contributed by atoms with Crippen LogP contribution in [-0.4, -0.2) is 56.3 Å². The quantitative estimate of drug-likeness (QED) is 0.745. The number of likely N-dealkylation sites (N-methyl/N-ethyl adjacent to an activating group) is 1. The van der Waals surface area contributed by atoms with Crippen molar-refractivity contribution in [1.82, 2.24) is 10.2 Å². The molecule has 0 aliphatic carbocycles. The Morgan fingerprint density at radius 1 is 1.46 bits per heavy atom. The van der Waals surface area contributed by atoms with Gasteiger partial charge in [-0.25, -0.2) is 0 Å². The summed E-state index contributed by atoms with van der Waals surface area (Å²) in [6, 6.07) is 7.88. The number of hydrogen-bond acceptors (Lipinski definition) is 5. The second kappa shape index (κ2) is 9.61. The fraction of sp³-hybridized carbons (Fsp3) is 0.611. The van der Waals surface area contributed by atoms with E-state index in [1.54, 1.807) is 6.92 Å². The Hall–Kier alpha value is -1.63. The predicted octanol–water partition coefficient (Wildman–Crippen LogP) is 1.14. The molecule has 1 fully saturated rings. The highest BCUT2D eigenvalue weighted by molar-refractivity contribution is 5.80. The van der Waals surface area contributed by atoms with E-state index in [9.17, 15) is 4.79 Å². The van der Waals surface area contributed by atoms with Crippen LogP contribution in [0.3, 0.4) is 0 Å². The molecule has 3 N–H and O–H groups in total. The molecule has 1 unspecified atom stereocenters. The Morgan fingerprint density at radius 2 is 2.21 bits per heavy atom. The molecule has 0 bridgehead atoms. The molecule has 1 heterocycles. The van der Waals surface area contributed by atoms with Gasteiger partial charge in [0.1, 0.15) is 12.4 Å². The van der Waals surface area contributed by atoms with Gasteiger partial charge < -0.3 is 20.5 Å². The van der Waals surface area contributed by atoms with E-state index < -0.39 is 6.04 Å². The first-order chi connectivity index (χ1) is 11.6. The molecule has 1 aromatic rings. The van der Waals surface area contributed by atoms with Crippen molar-refractivity contribution in [3.05, 3.63) is 29.8 Å². The molecule has 1 atom stereocenters. The lowest BCUT2D eigenvalue weighted by Crippen LogP contribution is -2.38. The summed E-state index contributed by atoms with van der Waals surface area (Å²) in [5.41, 5.74) is 6.54. The number of nitrogens with one attached hydrogen (secondary N) is 1. The number of ether oxygens (including phenoxy) is 2. The highest BCUT2D eigenvalue weighted by Crippen LogP contribution is 2.15. The van der Waals surface area contributed by atoms with Crippen molar-refractivity contribution in [2.75, 3.05) is 33.4 Å². The zero-order valence-electron chi connectivity index (χ0n) is 14.7. The third-order valence-corrected chi connectivity index (χ3v) is 4.31. The van der Waals surface area contributed by atoms with Crippen molar-refractivity contribution in [3.8, 4) is 5.75 Å². The molecule has 0 radical (unpaired) electrons. The number of amides is 1. The zero-order chi connectivity index (χ0) is 17.4. The minimum atomic E-state index is -0.495. The molecule has 0 spiro atoms. The molecule has 1 amide bonds. The third-order valence-electron chi connectivity index (χ3n) is 4.31. The number of carbonyl (C=O) groups excluding carboxylic acids is 1. The molecule has 0 saturated carbocycles. The highest BCUT2D eigenvalue weighted by Gasteiger charge is 2.17. The van der Waals surface area contributed by atoms with E-state index in [-0.39, 0.29) is 5.91 Å². The van der Waals surface area contributed by atoms with E-state index in [0.717, 1.165) is 43.9 Å². The van der Waals surface area contributed by atoms with E-state index in [0.29, 0.717) is 19.2 Å². The number of carbonyl (C=O) groups is 1. The lowest BCUT2D eigenvalue weighted by molar-refractivity contribution is -0.122. The largest absolute Gasteiger partial charge is 0.492 e. The van der Waals surface area contributed by atoms with Gasteiger partial charge in [-0.05, 0) is 44.5 Å². The first-order valence-electron chi connectivity index (χ1n) is 8.59. The van der Waals surface area contributed by atoms with Gasteiger partial charge in [0.15, 0.2) is 0 Å². The lowest BCUT2D eigenvalue weighted by Gasteiger charge is -2.31. The van der Waals surface area contributed by atoms with Crippen molar-refractivity contribution in [3.63, 3.8) is 0 Å². The van der Waals surface area contributed by atoms with Crippen LogP contribution in [0.25, 0.3) is 0 Å². The molecule has 1 aromatic carbocycles. The normalized spacial score (nSPS) is 16.8. The van der Waals surface area contributed by atoms with Crippen molar-refractivity contribution < 1.29 is 14.3 Å². The smallest absolute Gasteiger partial charge is 0.236 e. The summed E-state index contributed by atoms with van der Waals surface area (Å²) >= 11 is 0. The first-order valence-corrected chi connectivity index (χ1v) is 8.59. The Kier molecular flexibility index (Phi) is 7.49. The van der Waals surface area contributed by atoms with Gasteiger partial charge in [-0.2, -0.15) is 0 Å². The standard InChI is InChI=1S/C18H29N3O3/c1-14(19)18(22)20-13-15-4-3-5-17(12-15)24-11-8-21(2)16-6-9-23-10-7-16/h3-5,12,14,16H,6-11,13,19H2,1-2H3,(H,20,22). The van der Waals surface area contributed by atoms with Gasteiger partial charge in [0.05, 0.1) is 6.04 Å². The topological polar surface area (TPSA) is 76.8 Å². The zero-order valence-corrected chi connectivity index (χ0v) is 14.7. The van der Waals surface area contributed by atoms with E-state index in [2.05, 4.69) is 17.3 Å². The van der Waals surface area contributed by atoms with Crippen LogP contribution in [0.4, 0.5) is 0 Å². The number of nitrogens with two attached hydrogens (primary N) is 1. The maximum Gasteiger partial charge on any atom is 0.236 e.